The van der Waals surface area contributed by atoms with Crippen molar-refractivity contribution >= 4 is 22.2 Å². The van der Waals surface area contributed by atoms with Crippen LogP contribution in [0.1, 0.15) is 43.0 Å². The fourth-order valence-electron chi connectivity index (χ4n) is 2.98. The lowest BCUT2D eigenvalue weighted by molar-refractivity contribution is -0.00294. The largest absolute Gasteiger partial charge is 0.376 e. The Morgan fingerprint density at radius 3 is 3.13 bits per heavy atom. The van der Waals surface area contributed by atoms with Crippen LogP contribution in [0.3, 0.4) is 0 Å². The smallest absolute Gasteiger partial charge is 0.271 e. The number of carbonyl (C=O) groups is 1. The minimum absolute atomic E-state index is 0.0620. The molecule has 3 rings (SSSR count). The average molecular weight is 335 g/mol. The zero-order chi connectivity index (χ0) is 16.2. The summed E-state index contributed by atoms with van der Waals surface area (Å²) >= 11 is 1.36. The second-order valence-corrected chi connectivity index (χ2v) is 6.83. The van der Waals surface area contributed by atoms with Crippen LogP contribution in [0.25, 0.3) is 4.96 Å². The molecule has 2 aromatic heterocycles. The van der Waals surface area contributed by atoms with E-state index < -0.39 is 5.91 Å². The number of carbonyl (C=O) groups excluding carboxylic acids is 1. The lowest BCUT2D eigenvalue weighted by Crippen LogP contribution is -2.34. The maximum absolute atomic E-state index is 12.2. The quantitative estimate of drug-likeness (QED) is 0.849. The topological polar surface area (TPSA) is 72.7 Å². The second kappa shape index (κ2) is 7.23. The van der Waals surface area contributed by atoms with E-state index in [9.17, 15) is 9.59 Å². The number of nitrogens with zero attached hydrogens (tertiary/aromatic N) is 2. The van der Waals surface area contributed by atoms with Crippen molar-refractivity contribution in [1.82, 2.24) is 14.7 Å². The summed E-state index contributed by atoms with van der Waals surface area (Å²) in [4.78, 5) is 29.0. The highest BCUT2D eigenvalue weighted by Gasteiger charge is 2.21. The van der Waals surface area contributed by atoms with Gasteiger partial charge in [0.15, 0.2) is 4.96 Å². The number of nitrogens with one attached hydrogen (secondary N) is 1. The van der Waals surface area contributed by atoms with E-state index in [1.165, 1.54) is 41.2 Å². The Labute approximate surface area is 138 Å². The molecule has 6 nitrogen and oxygen atoms in total. The molecule has 0 aromatic carbocycles. The molecule has 1 saturated carbocycles. The summed E-state index contributed by atoms with van der Waals surface area (Å²) in [5, 5.41) is 4.51. The molecule has 1 fully saturated rings. The Morgan fingerprint density at radius 1 is 1.48 bits per heavy atom. The van der Waals surface area contributed by atoms with Gasteiger partial charge in [-0.1, -0.05) is 19.8 Å². The molecular weight excluding hydrogens is 314 g/mol. The molecule has 0 aliphatic heterocycles. The Balaban J connectivity index is 1.52. The standard InChI is InChI=1S/C16H21N3O3S/c1-11-4-2-3-5-13(11)22-8-6-17-14(20)12-10-18-16-19(15(12)21)7-9-23-16/h7,9-11,13H,2-6,8H2,1H3,(H,17,20)/t11-,13-/m0/s1. The molecule has 0 bridgehead atoms. The van der Waals surface area contributed by atoms with Crippen LogP contribution in [0.15, 0.2) is 22.6 Å². The third kappa shape index (κ3) is 3.61. The molecule has 0 spiro atoms. The molecule has 2 heterocycles. The zero-order valence-electron chi connectivity index (χ0n) is 13.2. The highest BCUT2D eigenvalue weighted by atomic mass is 32.1. The van der Waals surface area contributed by atoms with Crippen molar-refractivity contribution in [3.63, 3.8) is 0 Å². The van der Waals surface area contributed by atoms with Gasteiger partial charge in [0.1, 0.15) is 5.56 Å². The third-order valence-corrected chi connectivity index (χ3v) is 5.11. The lowest BCUT2D eigenvalue weighted by Gasteiger charge is -2.28. The van der Waals surface area contributed by atoms with Gasteiger partial charge in [0, 0.05) is 24.3 Å². The Morgan fingerprint density at radius 2 is 2.30 bits per heavy atom. The van der Waals surface area contributed by atoms with E-state index in [1.807, 2.05) is 0 Å². The Hall–Kier alpha value is -1.73. The molecule has 0 saturated heterocycles. The fraction of sp³-hybridized carbons (Fsp3) is 0.562. The maximum Gasteiger partial charge on any atom is 0.271 e. The number of aromatic nitrogens is 2. The number of hydrogen-bond donors (Lipinski definition) is 1. The number of fused-ring (bicyclic) bond motifs is 1. The van der Waals surface area contributed by atoms with Gasteiger partial charge in [-0.05, 0) is 18.8 Å². The average Bonchev–Trinajstić information content (AvgIpc) is 3.03. The van der Waals surface area contributed by atoms with E-state index in [0.29, 0.717) is 24.0 Å². The van der Waals surface area contributed by atoms with E-state index in [1.54, 1.807) is 11.6 Å². The molecule has 1 aliphatic carbocycles. The van der Waals surface area contributed by atoms with Crippen molar-refractivity contribution in [3.05, 3.63) is 33.7 Å². The summed E-state index contributed by atoms with van der Waals surface area (Å²) in [6.07, 6.45) is 8.04. The Bertz CT molecular complexity index is 739. The van der Waals surface area contributed by atoms with Gasteiger partial charge in [-0.15, -0.1) is 11.3 Å². The van der Waals surface area contributed by atoms with Crippen LogP contribution in [-0.2, 0) is 4.74 Å². The molecule has 23 heavy (non-hydrogen) atoms. The van der Waals surface area contributed by atoms with Gasteiger partial charge in [-0.25, -0.2) is 4.98 Å². The van der Waals surface area contributed by atoms with Gasteiger partial charge in [-0.2, -0.15) is 0 Å². The van der Waals surface area contributed by atoms with E-state index in [0.717, 1.165) is 6.42 Å². The molecule has 0 unspecified atom stereocenters. The first-order valence-electron chi connectivity index (χ1n) is 8.01. The van der Waals surface area contributed by atoms with Gasteiger partial charge in [0.2, 0.25) is 0 Å². The molecule has 7 heteroatoms. The van der Waals surface area contributed by atoms with Crippen molar-refractivity contribution in [2.75, 3.05) is 13.2 Å². The number of ether oxygens (including phenoxy) is 1. The third-order valence-electron chi connectivity index (χ3n) is 4.34. The summed E-state index contributed by atoms with van der Waals surface area (Å²) in [5.74, 6) is 0.178. The van der Waals surface area contributed by atoms with Crippen LogP contribution in [0.4, 0.5) is 0 Å². The first-order valence-corrected chi connectivity index (χ1v) is 8.89. The normalized spacial score (nSPS) is 21.4. The maximum atomic E-state index is 12.2. The molecule has 1 N–H and O–H groups in total. The summed E-state index contributed by atoms with van der Waals surface area (Å²) in [6, 6.07) is 0. The number of rotatable bonds is 5. The number of thiazole rings is 1. The van der Waals surface area contributed by atoms with Gasteiger partial charge in [-0.3, -0.25) is 14.0 Å². The molecule has 1 aliphatic rings. The van der Waals surface area contributed by atoms with Crippen molar-refractivity contribution in [2.24, 2.45) is 5.92 Å². The second-order valence-electron chi connectivity index (χ2n) is 5.96. The number of amides is 1. The zero-order valence-corrected chi connectivity index (χ0v) is 14.0. The van der Waals surface area contributed by atoms with E-state index in [-0.39, 0.29) is 17.2 Å². The van der Waals surface area contributed by atoms with E-state index in [2.05, 4.69) is 17.2 Å². The lowest BCUT2D eigenvalue weighted by atomic mass is 9.88. The minimum atomic E-state index is -0.400. The highest BCUT2D eigenvalue weighted by molar-refractivity contribution is 7.15. The van der Waals surface area contributed by atoms with Gasteiger partial charge >= 0.3 is 0 Å². The van der Waals surface area contributed by atoms with Crippen LogP contribution in [0, 0.1) is 5.92 Å². The van der Waals surface area contributed by atoms with Gasteiger partial charge < -0.3 is 10.1 Å². The molecule has 1 amide bonds. The molecule has 124 valence electrons. The van der Waals surface area contributed by atoms with E-state index >= 15 is 0 Å². The van der Waals surface area contributed by atoms with Gasteiger partial charge in [0.25, 0.3) is 11.5 Å². The Kier molecular flexibility index (Phi) is 5.07. The van der Waals surface area contributed by atoms with Crippen molar-refractivity contribution < 1.29 is 9.53 Å². The molecule has 2 aromatic rings. The summed E-state index contributed by atoms with van der Waals surface area (Å²) in [6.45, 7) is 3.08. The van der Waals surface area contributed by atoms with Crippen LogP contribution in [-0.4, -0.2) is 34.5 Å². The van der Waals surface area contributed by atoms with Crippen molar-refractivity contribution in [2.45, 2.75) is 38.7 Å². The van der Waals surface area contributed by atoms with Gasteiger partial charge in [0.05, 0.1) is 12.7 Å². The summed E-state index contributed by atoms with van der Waals surface area (Å²) in [5.41, 5.74) is -0.275. The molecule has 0 radical (unpaired) electrons. The predicted octanol–water partition coefficient (Wildman–Crippen LogP) is 2.08. The number of hydrogen-bond acceptors (Lipinski definition) is 5. The molecular formula is C16H21N3O3S. The fourth-order valence-corrected chi connectivity index (χ4v) is 3.66. The first-order chi connectivity index (χ1) is 11.2. The summed E-state index contributed by atoms with van der Waals surface area (Å²) in [7, 11) is 0. The first kappa shape index (κ1) is 16.1. The molecule has 2 atom stereocenters. The van der Waals surface area contributed by atoms with E-state index in [4.69, 9.17) is 4.74 Å². The van der Waals surface area contributed by atoms with Crippen LogP contribution < -0.4 is 10.9 Å². The van der Waals surface area contributed by atoms with Crippen molar-refractivity contribution in [3.8, 4) is 0 Å². The minimum Gasteiger partial charge on any atom is -0.376 e. The van der Waals surface area contributed by atoms with Crippen LogP contribution >= 0.6 is 11.3 Å². The summed E-state index contributed by atoms with van der Waals surface area (Å²) < 4.78 is 7.25. The monoisotopic (exact) mass is 335 g/mol. The van der Waals surface area contributed by atoms with Crippen molar-refractivity contribution in [1.29, 1.82) is 0 Å². The van der Waals surface area contributed by atoms with Crippen LogP contribution in [0.2, 0.25) is 0 Å². The SMILES string of the molecule is C[C@H]1CCCC[C@@H]1OCCNC(=O)c1cnc2sccn2c1=O. The highest BCUT2D eigenvalue weighted by Crippen LogP contribution is 2.25. The predicted molar refractivity (Wildman–Crippen MR) is 89.0 cm³/mol. The van der Waals surface area contributed by atoms with Crippen LogP contribution in [0.5, 0.6) is 0 Å².